The molecule has 4 N–H and O–H groups in total. The predicted octanol–water partition coefficient (Wildman–Crippen LogP) is 2.08. The minimum absolute atomic E-state index is 0.0210. The second kappa shape index (κ2) is 7.76. The van der Waals surface area contributed by atoms with Crippen LogP contribution in [0.4, 0.5) is 0 Å². The van der Waals surface area contributed by atoms with Gasteiger partial charge in [0.15, 0.2) is 11.7 Å². The van der Waals surface area contributed by atoms with Crippen molar-refractivity contribution < 1.29 is 14.3 Å². The number of benzene rings is 1. The lowest BCUT2D eigenvalue weighted by Gasteiger charge is -2.27. The maximum Gasteiger partial charge on any atom is 0.314 e. The van der Waals surface area contributed by atoms with Crippen molar-refractivity contribution in [1.82, 2.24) is 5.32 Å². The van der Waals surface area contributed by atoms with Gasteiger partial charge in [-0.15, -0.1) is 0 Å². The van der Waals surface area contributed by atoms with Crippen LogP contribution < -0.4 is 15.8 Å². The first-order valence-corrected chi connectivity index (χ1v) is 7.87. The van der Waals surface area contributed by atoms with Gasteiger partial charge < -0.3 is 15.8 Å². The number of hydrogen-bond acceptors (Lipinski definition) is 4. The van der Waals surface area contributed by atoms with E-state index in [2.05, 4.69) is 5.32 Å². The number of ether oxygens (including phenoxy) is 1. The van der Waals surface area contributed by atoms with E-state index in [0.29, 0.717) is 23.8 Å². The second-order valence-corrected chi connectivity index (χ2v) is 5.99. The van der Waals surface area contributed by atoms with E-state index in [9.17, 15) is 9.59 Å². The molecule has 0 amide bonds. The molecule has 1 aliphatic rings. The fourth-order valence-corrected chi connectivity index (χ4v) is 2.89. The van der Waals surface area contributed by atoms with E-state index in [1.165, 1.54) is 6.92 Å². The largest absolute Gasteiger partial charge is 0.426 e. The fourth-order valence-electron chi connectivity index (χ4n) is 2.89. The average molecular weight is 317 g/mol. The van der Waals surface area contributed by atoms with Crippen molar-refractivity contribution in [1.29, 1.82) is 5.41 Å². The Bertz CT molecular complexity index is 593. The Hall–Kier alpha value is -2.37. The molecular formula is C17H23N3O3. The van der Waals surface area contributed by atoms with Crippen LogP contribution in [0.25, 0.3) is 0 Å². The highest BCUT2D eigenvalue weighted by atomic mass is 16.5. The zero-order valence-corrected chi connectivity index (χ0v) is 13.3. The van der Waals surface area contributed by atoms with E-state index in [1.54, 1.807) is 24.3 Å². The number of rotatable bonds is 5. The van der Waals surface area contributed by atoms with Crippen molar-refractivity contribution in [2.75, 3.05) is 6.54 Å². The third kappa shape index (κ3) is 4.81. The standard InChI is InChI=1S/C17H23N3O3/c1-11(21)14-4-2-3-5-15(14)23-16(22)13-8-6-12(7-9-13)10-20-17(18)19/h2-5,12-13H,6-10H2,1H3,(H4,18,19,20)/t12-,13-. The summed E-state index contributed by atoms with van der Waals surface area (Å²) in [6, 6.07) is 6.81. The minimum atomic E-state index is -0.267. The number of carbonyl (C=O) groups excluding carboxylic acids is 2. The van der Waals surface area contributed by atoms with Gasteiger partial charge in [-0.2, -0.15) is 0 Å². The summed E-state index contributed by atoms with van der Waals surface area (Å²) >= 11 is 0. The molecule has 0 aliphatic heterocycles. The van der Waals surface area contributed by atoms with E-state index in [1.807, 2.05) is 0 Å². The number of guanidine groups is 1. The maximum absolute atomic E-state index is 12.3. The van der Waals surface area contributed by atoms with Gasteiger partial charge in [-0.3, -0.25) is 15.0 Å². The first kappa shape index (κ1) is 17.0. The Morgan fingerprint density at radius 2 is 1.91 bits per heavy atom. The molecule has 1 saturated carbocycles. The first-order chi connectivity index (χ1) is 11.0. The van der Waals surface area contributed by atoms with Gasteiger partial charge in [-0.1, -0.05) is 12.1 Å². The second-order valence-electron chi connectivity index (χ2n) is 5.99. The third-order valence-corrected chi connectivity index (χ3v) is 4.24. The summed E-state index contributed by atoms with van der Waals surface area (Å²) in [5, 5.41) is 9.99. The molecule has 0 aromatic heterocycles. The highest BCUT2D eigenvalue weighted by Crippen LogP contribution is 2.30. The van der Waals surface area contributed by atoms with Crippen molar-refractivity contribution >= 4 is 17.7 Å². The monoisotopic (exact) mass is 317 g/mol. The number of nitrogens with two attached hydrogens (primary N) is 1. The van der Waals surface area contributed by atoms with E-state index >= 15 is 0 Å². The van der Waals surface area contributed by atoms with Gasteiger partial charge in [0, 0.05) is 6.54 Å². The van der Waals surface area contributed by atoms with Crippen LogP contribution in [0, 0.1) is 17.2 Å². The molecule has 1 fully saturated rings. The number of carbonyl (C=O) groups is 2. The molecule has 0 atom stereocenters. The number of Topliss-reactive ketones (excluding diaryl/α,β-unsaturated/α-hetero) is 1. The smallest absolute Gasteiger partial charge is 0.314 e. The summed E-state index contributed by atoms with van der Waals surface area (Å²) in [4.78, 5) is 23.9. The number of para-hydroxylation sites is 1. The number of hydrogen-bond donors (Lipinski definition) is 3. The van der Waals surface area contributed by atoms with Crippen molar-refractivity contribution in [3.63, 3.8) is 0 Å². The molecule has 1 aromatic carbocycles. The molecule has 23 heavy (non-hydrogen) atoms. The molecule has 0 saturated heterocycles. The Morgan fingerprint density at radius 3 is 2.52 bits per heavy atom. The molecule has 0 radical (unpaired) electrons. The van der Waals surface area contributed by atoms with Gasteiger partial charge in [0.2, 0.25) is 0 Å². The van der Waals surface area contributed by atoms with Crippen LogP contribution in [0.15, 0.2) is 24.3 Å². The Labute approximate surface area is 135 Å². The van der Waals surface area contributed by atoms with Crippen LogP contribution in [0.5, 0.6) is 5.75 Å². The molecular weight excluding hydrogens is 294 g/mol. The van der Waals surface area contributed by atoms with Crippen LogP contribution in [0.1, 0.15) is 43.0 Å². The molecule has 1 aliphatic carbocycles. The van der Waals surface area contributed by atoms with Gasteiger partial charge in [-0.05, 0) is 50.7 Å². The molecule has 2 rings (SSSR count). The van der Waals surface area contributed by atoms with Crippen LogP contribution in [-0.2, 0) is 4.79 Å². The molecule has 6 heteroatoms. The molecule has 0 unspecified atom stereocenters. The van der Waals surface area contributed by atoms with Gasteiger partial charge in [0.1, 0.15) is 5.75 Å². The normalized spacial score (nSPS) is 20.6. The van der Waals surface area contributed by atoms with E-state index in [-0.39, 0.29) is 23.6 Å². The SMILES string of the molecule is CC(=O)c1ccccc1OC(=O)[C@H]1CC[C@H](CNC(=N)N)CC1. The quantitative estimate of drug-likeness (QED) is 0.253. The molecule has 0 spiro atoms. The van der Waals surface area contributed by atoms with Crippen LogP contribution in [0.3, 0.4) is 0 Å². The van der Waals surface area contributed by atoms with Crippen LogP contribution in [-0.4, -0.2) is 24.3 Å². The maximum atomic E-state index is 12.3. The number of ketones is 1. The Kier molecular flexibility index (Phi) is 5.73. The van der Waals surface area contributed by atoms with E-state index < -0.39 is 0 Å². The Balaban J connectivity index is 1.88. The highest BCUT2D eigenvalue weighted by Gasteiger charge is 2.28. The lowest BCUT2D eigenvalue weighted by molar-refractivity contribution is -0.140. The van der Waals surface area contributed by atoms with Gasteiger partial charge >= 0.3 is 5.97 Å². The summed E-state index contributed by atoms with van der Waals surface area (Å²) < 4.78 is 5.45. The fraction of sp³-hybridized carbons (Fsp3) is 0.471. The molecule has 124 valence electrons. The summed E-state index contributed by atoms with van der Waals surface area (Å²) in [5.41, 5.74) is 5.71. The number of nitrogens with one attached hydrogen (secondary N) is 2. The molecule has 1 aromatic rings. The zero-order chi connectivity index (χ0) is 16.8. The number of esters is 1. The van der Waals surface area contributed by atoms with Crippen LogP contribution in [0.2, 0.25) is 0 Å². The van der Waals surface area contributed by atoms with Gasteiger partial charge in [0.25, 0.3) is 0 Å². The molecule has 0 bridgehead atoms. The highest BCUT2D eigenvalue weighted by molar-refractivity contribution is 5.97. The average Bonchev–Trinajstić information content (AvgIpc) is 2.53. The third-order valence-electron chi connectivity index (χ3n) is 4.24. The van der Waals surface area contributed by atoms with Crippen LogP contribution >= 0.6 is 0 Å². The molecule has 0 heterocycles. The summed E-state index contributed by atoms with van der Waals surface area (Å²) in [7, 11) is 0. The van der Waals surface area contributed by atoms with Crippen molar-refractivity contribution in [3.8, 4) is 5.75 Å². The Morgan fingerprint density at radius 1 is 1.26 bits per heavy atom. The van der Waals surface area contributed by atoms with Crippen molar-refractivity contribution in [2.45, 2.75) is 32.6 Å². The lowest BCUT2D eigenvalue weighted by Crippen LogP contribution is -2.36. The topological polar surface area (TPSA) is 105 Å². The molecule has 6 nitrogen and oxygen atoms in total. The lowest BCUT2D eigenvalue weighted by atomic mass is 9.82. The van der Waals surface area contributed by atoms with Gasteiger partial charge in [0.05, 0.1) is 11.5 Å². The van der Waals surface area contributed by atoms with Crippen molar-refractivity contribution in [2.24, 2.45) is 17.6 Å². The van der Waals surface area contributed by atoms with Gasteiger partial charge in [-0.25, -0.2) is 0 Å². The summed E-state index contributed by atoms with van der Waals surface area (Å²) in [6.45, 7) is 2.13. The summed E-state index contributed by atoms with van der Waals surface area (Å²) in [6.07, 6.45) is 3.31. The first-order valence-electron chi connectivity index (χ1n) is 7.87. The summed E-state index contributed by atoms with van der Waals surface area (Å²) in [5.74, 6) is 0.220. The van der Waals surface area contributed by atoms with Crippen molar-refractivity contribution in [3.05, 3.63) is 29.8 Å². The minimum Gasteiger partial charge on any atom is -0.426 e. The zero-order valence-electron chi connectivity index (χ0n) is 13.3. The van der Waals surface area contributed by atoms with E-state index in [4.69, 9.17) is 15.9 Å². The predicted molar refractivity (Wildman–Crippen MR) is 87.4 cm³/mol. The van der Waals surface area contributed by atoms with E-state index in [0.717, 1.165) is 25.7 Å².